The van der Waals surface area contributed by atoms with E-state index in [1.807, 2.05) is 18.2 Å². The normalized spacial score (nSPS) is 16.4. The maximum Gasteiger partial charge on any atom is 0.215 e. The first-order valence-electron chi connectivity index (χ1n) is 6.81. The van der Waals surface area contributed by atoms with Crippen molar-refractivity contribution in [2.24, 2.45) is 0 Å². The molecule has 0 heterocycles. The molecule has 5 heteroatoms. The molecule has 0 aromatic heterocycles. The van der Waals surface area contributed by atoms with E-state index in [4.69, 9.17) is 11.6 Å². The van der Waals surface area contributed by atoms with Crippen LogP contribution in [0.15, 0.2) is 24.3 Å². The van der Waals surface area contributed by atoms with Crippen LogP contribution in [-0.2, 0) is 10.0 Å². The topological polar surface area (TPSA) is 46.2 Å². The molecule has 1 N–H and O–H groups in total. The zero-order chi connectivity index (χ0) is 14.4. The highest BCUT2D eigenvalue weighted by Crippen LogP contribution is 2.22. The molecular weight excluding hydrogens is 294 g/mol. The second-order valence-electron chi connectivity index (χ2n) is 4.91. The molecule has 0 unspecified atom stereocenters. The van der Waals surface area contributed by atoms with Crippen LogP contribution < -0.4 is 4.72 Å². The lowest BCUT2D eigenvalue weighted by Gasteiger charge is -2.21. The van der Waals surface area contributed by atoms with E-state index in [2.05, 4.69) is 16.6 Å². The van der Waals surface area contributed by atoms with Gasteiger partial charge in [0.05, 0.1) is 16.8 Å². The molecule has 3 nitrogen and oxygen atoms in total. The Labute approximate surface area is 125 Å². The maximum absolute atomic E-state index is 12.1. The Morgan fingerprint density at radius 2 is 1.90 bits per heavy atom. The van der Waals surface area contributed by atoms with Gasteiger partial charge in [0, 0.05) is 5.56 Å². The fourth-order valence-electron chi connectivity index (χ4n) is 2.33. The van der Waals surface area contributed by atoms with Crippen LogP contribution in [0.4, 0.5) is 0 Å². The van der Waals surface area contributed by atoms with E-state index < -0.39 is 10.0 Å². The minimum atomic E-state index is -3.23. The monoisotopic (exact) mass is 311 g/mol. The molecule has 1 aromatic rings. The Hall–Kier alpha value is -1.02. The highest BCUT2D eigenvalue weighted by atomic mass is 35.5. The van der Waals surface area contributed by atoms with Gasteiger partial charge in [-0.2, -0.15) is 0 Å². The van der Waals surface area contributed by atoms with Crippen LogP contribution >= 0.6 is 11.6 Å². The predicted octanol–water partition coefficient (Wildman–Crippen LogP) is 2.94. The molecule has 1 saturated carbocycles. The molecule has 0 amide bonds. The van der Waals surface area contributed by atoms with Gasteiger partial charge in [0.15, 0.2) is 0 Å². The lowest BCUT2D eigenvalue weighted by molar-refractivity contribution is 0.479. The van der Waals surface area contributed by atoms with E-state index in [9.17, 15) is 8.42 Å². The molecule has 108 valence electrons. The van der Waals surface area contributed by atoms with Crippen molar-refractivity contribution in [2.45, 2.75) is 37.4 Å². The second kappa shape index (κ2) is 7.12. The molecule has 0 bridgehead atoms. The third-order valence-corrected chi connectivity index (χ3v) is 5.68. The molecule has 20 heavy (non-hydrogen) atoms. The Bertz CT molecular complexity index is 610. The SMILES string of the molecule is O=S(=O)(NCC#Cc1ccccc1Cl)C1CCCCC1. The Kier molecular flexibility index (Phi) is 5.47. The first kappa shape index (κ1) is 15.4. The van der Waals surface area contributed by atoms with E-state index in [1.165, 1.54) is 0 Å². The summed E-state index contributed by atoms with van der Waals surface area (Å²) in [6.07, 6.45) is 4.65. The average molecular weight is 312 g/mol. The second-order valence-corrected chi connectivity index (χ2v) is 7.36. The summed E-state index contributed by atoms with van der Waals surface area (Å²) in [4.78, 5) is 0. The summed E-state index contributed by atoms with van der Waals surface area (Å²) in [7, 11) is -3.23. The largest absolute Gasteiger partial charge is 0.215 e. The van der Waals surface area contributed by atoms with Crippen molar-refractivity contribution in [3.8, 4) is 11.8 Å². The standard InChI is InChI=1S/C15H18ClNO2S/c16-15-11-5-4-7-13(15)8-6-12-17-20(18,19)14-9-2-1-3-10-14/h4-5,7,11,14,17H,1-3,9-10,12H2. The number of hydrogen-bond donors (Lipinski definition) is 1. The van der Waals surface area contributed by atoms with Gasteiger partial charge < -0.3 is 0 Å². The molecular formula is C15H18ClNO2S. The predicted molar refractivity (Wildman–Crippen MR) is 82.1 cm³/mol. The molecule has 0 radical (unpaired) electrons. The number of rotatable bonds is 3. The highest BCUT2D eigenvalue weighted by Gasteiger charge is 2.26. The summed E-state index contributed by atoms with van der Waals surface area (Å²) in [5, 5.41) is 0.327. The summed E-state index contributed by atoms with van der Waals surface area (Å²) in [5.41, 5.74) is 0.714. The average Bonchev–Trinajstić information content (AvgIpc) is 2.46. The van der Waals surface area contributed by atoms with E-state index in [0.29, 0.717) is 10.6 Å². The third-order valence-electron chi connectivity index (χ3n) is 3.45. The molecule has 0 atom stereocenters. The van der Waals surface area contributed by atoms with Gasteiger partial charge in [-0.1, -0.05) is 54.8 Å². The van der Waals surface area contributed by atoms with Gasteiger partial charge in [0.1, 0.15) is 0 Å². The Morgan fingerprint density at radius 1 is 1.20 bits per heavy atom. The molecule has 0 spiro atoms. The Morgan fingerprint density at radius 3 is 2.60 bits per heavy atom. The van der Waals surface area contributed by atoms with E-state index in [1.54, 1.807) is 6.07 Å². The maximum atomic E-state index is 12.1. The van der Waals surface area contributed by atoms with Crippen LogP contribution in [0.25, 0.3) is 0 Å². The molecule has 0 saturated heterocycles. The Balaban J connectivity index is 1.91. The van der Waals surface area contributed by atoms with Crippen LogP contribution in [0.3, 0.4) is 0 Å². The van der Waals surface area contributed by atoms with Crippen LogP contribution in [0.5, 0.6) is 0 Å². The van der Waals surface area contributed by atoms with Crippen molar-refractivity contribution in [1.29, 1.82) is 0 Å². The molecule has 2 rings (SSSR count). The number of benzene rings is 1. The lowest BCUT2D eigenvalue weighted by atomic mass is 10.0. The van der Waals surface area contributed by atoms with Crippen LogP contribution in [-0.4, -0.2) is 20.2 Å². The van der Waals surface area contributed by atoms with Crippen molar-refractivity contribution >= 4 is 21.6 Å². The number of hydrogen-bond acceptors (Lipinski definition) is 2. The summed E-state index contributed by atoms with van der Waals surface area (Å²) in [6.45, 7) is 0.129. The quantitative estimate of drug-likeness (QED) is 0.872. The van der Waals surface area contributed by atoms with Crippen LogP contribution in [0.1, 0.15) is 37.7 Å². The van der Waals surface area contributed by atoms with Gasteiger partial charge in [0.25, 0.3) is 0 Å². The summed E-state index contributed by atoms with van der Waals surface area (Å²) >= 11 is 5.97. The first-order chi connectivity index (χ1) is 9.59. The van der Waals surface area contributed by atoms with Gasteiger partial charge in [-0.25, -0.2) is 13.1 Å². The lowest BCUT2D eigenvalue weighted by Crippen LogP contribution is -2.35. The molecule has 1 aliphatic rings. The number of sulfonamides is 1. The highest BCUT2D eigenvalue weighted by molar-refractivity contribution is 7.90. The summed E-state index contributed by atoms with van der Waals surface area (Å²) in [5.74, 6) is 5.69. The molecule has 0 aliphatic heterocycles. The smallest absolute Gasteiger partial charge is 0.212 e. The van der Waals surface area contributed by atoms with Crippen molar-refractivity contribution in [3.05, 3.63) is 34.9 Å². The van der Waals surface area contributed by atoms with Gasteiger partial charge in [-0.3, -0.25) is 0 Å². The van der Waals surface area contributed by atoms with Gasteiger partial charge >= 0.3 is 0 Å². The summed E-state index contributed by atoms with van der Waals surface area (Å²) < 4.78 is 26.7. The fourth-order valence-corrected chi connectivity index (χ4v) is 3.98. The van der Waals surface area contributed by atoms with Gasteiger partial charge in [-0.05, 0) is 25.0 Å². The van der Waals surface area contributed by atoms with E-state index >= 15 is 0 Å². The number of nitrogens with one attached hydrogen (secondary N) is 1. The van der Waals surface area contributed by atoms with Crippen LogP contribution in [0, 0.1) is 11.8 Å². The van der Waals surface area contributed by atoms with E-state index in [-0.39, 0.29) is 11.8 Å². The van der Waals surface area contributed by atoms with Crippen LogP contribution in [0.2, 0.25) is 5.02 Å². The van der Waals surface area contributed by atoms with Crippen molar-refractivity contribution in [3.63, 3.8) is 0 Å². The van der Waals surface area contributed by atoms with Gasteiger partial charge in [-0.15, -0.1) is 0 Å². The minimum absolute atomic E-state index is 0.129. The van der Waals surface area contributed by atoms with E-state index in [0.717, 1.165) is 32.1 Å². The van der Waals surface area contributed by atoms with Crippen molar-refractivity contribution < 1.29 is 8.42 Å². The third kappa shape index (κ3) is 4.24. The van der Waals surface area contributed by atoms with Gasteiger partial charge in [0.2, 0.25) is 10.0 Å². The number of halogens is 1. The molecule has 1 aromatic carbocycles. The van der Waals surface area contributed by atoms with Crippen molar-refractivity contribution in [1.82, 2.24) is 4.72 Å². The zero-order valence-corrected chi connectivity index (χ0v) is 12.8. The molecule has 1 aliphatic carbocycles. The fraction of sp³-hybridized carbons (Fsp3) is 0.467. The summed E-state index contributed by atoms with van der Waals surface area (Å²) in [6, 6.07) is 7.25. The van der Waals surface area contributed by atoms with Crippen molar-refractivity contribution in [2.75, 3.05) is 6.54 Å². The first-order valence-corrected chi connectivity index (χ1v) is 8.74. The molecule has 1 fully saturated rings. The minimum Gasteiger partial charge on any atom is -0.212 e. The zero-order valence-electron chi connectivity index (χ0n) is 11.2.